The van der Waals surface area contributed by atoms with Gasteiger partial charge in [0.25, 0.3) is 5.91 Å². The van der Waals surface area contributed by atoms with Gasteiger partial charge in [-0.25, -0.2) is 0 Å². The lowest BCUT2D eigenvalue weighted by atomic mass is 10.1. The van der Waals surface area contributed by atoms with Crippen LogP contribution < -0.4 is 16.4 Å². The van der Waals surface area contributed by atoms with Crippen LogP contribution in [0.1, 0.15) is 16.1 Å². The summed E-state index contributed by atoms with van der Waals surface area (Å²) < 4.78 is 0. The second-order valence-corrected chi connectivity index (χ2v) is 4.81. The highest BCUT2D eigenvalue weighted by Crippen LogP contribution is 2.24. The minimum absolute atomic E-state index is 0.279. The molecule has 6 heteroatoms. The third-order valence-electron chi connectivity index (χ3n) is 3.34. The van der Waals surface area contributed by atoms with Crippen molar-refractivity contribution in [2.75, 3.05) is 11.1 Å². The molecule has 21 heavy (non-hydrogen) atoms. The number of fused-ring (bicyclic) bond motifs is 1. The molecule has 0 radical (unpaired) electrons. The summed E-state index contributed by atoms with van der Waals surface area (Å²) in [7, 11) is 0. The Morgan fingerprint density at radius 3 is 2.76 bits per heavy atom. The highest BCUT2D eigenvalue weighted by molar-refractivity contribution is 6.12. The first-order valence-corrected chi connectivity index (χ1v) is 6.55. The zero-order valence-electron chi connectivity index (χ0n) is 11.2. The molecular formula is C15H14N4O2. The van der Waals surface area contributed by atoms with Crippen LogP contribution in [-0.2, 0) is 11.2 Å². The Hall–Kier alpha value is -2.89. The van der Waals surface area contributed by atoms with E-state index in [1.54, 1.807) is 30.5 Å². The van der Waals surface area contributed by atoms with Crippen molar-refractivity contribution in [3.63, 3.8) is 0 Å². The average Bonchev–Trinajstić information content (AvgIpc) is 2.58. The molecule has 2 amide bonds. The van der Waals surface area contributed by atoms with Gasteiger partial charge in [-0.2, -0.15) is 0 Å². The molecule has 106 valence electrons. The van der Waals surface area contributed by atoms with Crippen molar-refractivity contribution in [2.24, 2.45) is 0 Å². The molecule has 1 atom stereocenters. The van der Waals surface area contributed by atoms with Gasteiger partial charge in [0.05, 0.1) is 11.3 Å². The summed E-state index contributed by atoms with van der Waals surface area (Å²) >= 11 is 0. The predicted octanol–water partition coefficient (Wildman–Crippen LogP) is 0.957. The van der Waals surface area contributed by atoms with Gasteiger partial charge in [0.15, 0.2) is 0 Å². The van der Waals surface area contributed by atoms with E-state index in [2.05, 4.69) is 15.6 Å². The Balaban J connectivity index is 1.90. The van der Waals surface area contributed by atoms with Crippen molar-refractivity contribution in [3.05, 3.63) is 53.9 Å². The van der Waals surface area contributed by atoms with Crippen LogP contribution in [-0.4, -0.2) is 22.8 Å². The van der Waals surface area contributed by atoms with Crippen LogP contribution in [0.2, 0.25) is 0 Å². The molecule has 0 saturated carbocycles. The summed E-state index contributed by atoms with van der Waals surface area (Å²) in [5, 5.41) is 5.44. The number of pyridine rings is 1. The molecule has 3 rings (SSSR count). The molecule has 0 aliphatic carbocycles. The summed E-state index contributed by atoms with van der Waals surface area (Å²) in [6, 6.07) is 9.75. The number of nitrogens with two attached hydrogens (primary N) is 1. The quantitative estimate of drug-likeness (QED) is 0.715. The van der Waals surface area contributed by atoms with Crippen molar-refractivity contribution < 1.29 is 9.59 Å². The molecule has 1 aromatic heterocycles. The highest BCUT2D eigenvalue weighted by Gasteiger charge is 2.29. The summed E-state index contributed by atoms with van der Waals surface area (Å²) in [4.78, 5) is 28.7. The molecule has 1 aromatic carbocycles. The van der Waals surface area contributed by atoms with Gasteiger partial charge in [0, 0.05) is 24.0 Å². The maximum Gasteiger partial charge on any atom is 0.256 e. The van der Waals surface area contributed by atoms with Crippen LogP contribution in [0.3, 0.4) is 0 Å². The SMILES string of the molecule is Nc1cccc2c1C(=O)N[C@H](Cc1ccccn1)C(=O)N2. The van der Waals surface area contributed by atoms with Crippen molar-refractivity contribution in [1.82, 2.24) is 10.3 Å². The maximum absolute atomic E-state index is 12.3. The Morgan fingerprint density at radius 2 is 2.00 bits per heavy atom. The van der Waals surface area contributed by atoms with Crippen molar-refractivity contribution in [3.8, 4) is 0 Å². The van der Waals surface area contributed by atoms with E-state index in [1.807, 2.05) is 12.1 Å². The first-order chi connectivity index (χ1) is 10.1. The van der Waals surface area contributed by atoms with Crippen LogP contribution >= 0.6 is 0 Å². The minimum atomic E-state index is -0.681. The molecule has 2 heterocycles. The molecule has 0 unspecified atom stereocenters. The summed E-state index contributed by atoms with van der Waals surface area (Å²) in [6.07, 6.45) is 1.98. The average molecular weight is 282 g/mol. The lowest BCUT2D eigenvalue weighted by molar-refractivity contribution is -0.117. The van der Waals surface area contributed by atoms with Crippen LogP contribution in [0.5, 0.6) is 0 Å². The van der Waals surface area contributed by atoms with Gasteiger partial charge >= 0.3 is 0 Å². The number of amides is 2. The van der Waals surface area contributed by atoms with E-state index >= 15 is 0 Å². The largest absolute Gasteiger partial charge is 0.398 e. The summed E-state index contributed by atoms with van der Waals surface area (Å²) in [6.45, 7) is 0. The van der Waals surface area contributed by atoms with Gasteiger partial charge in [-0.05, 0) is 24.3 Å². The molecule has 2 aromatic rings. The Labute approximate surface area is 121 Å². The van der Waals surface area contributed by atoms with E-state index in [-0.39, 0.29) is 11.8 Å². The summed E-state index contributed by atoms with van der Waals surface area (Å²) in [5.41, 5.74) is 7.62. The zero-order chi connectivity index (χ0) is 14.8. The predicted molar refractivity (Wildman–Crippen MR) is 78.7 cm³/mol. The first kappa shape index (κ1) is 13.1. The van der Waals surface area contributed by atoms with E-state index in [1.165, 1.54) is 0 Å². The number of anilines is 2. The monoisotopic (exact) mass is 282 g/mol. The fraction of sp³-hybridized carbons (Fsp3) is 0.133. The third-order valence-corrected chi connectivity index (χ3v) is 3.34. The second-order valence-electron chi connectivity index (χ2n) is 4.81. The Morgan fingerprint density at radius 1 is 1.14 bits per heavy atom. The van der Waals surface area contributed by atoms with Gasteiger partial charge in [0.2, 0.25) is 5.91 Å². The number of carbonyl (C=O) groups excluding carboxylic acids is 2. The van der Waals surface area contributed by atoms with Crippen molar-refractivity contribution in [2.45, 2.75) is 12.5 Å². The van der Waals surface area contributed by atoms with Crippen molar-refractivity contribution >= 4 is 23.2 Å². The fourth-order valence-electron chi connectivity index (χ4n) is 2.32. The molecule has 0 bridgehead atoms. The Kier molecular flexibility index (Phi) is 3.27. The van der Waals surface area contributed by atoms with E-state index in [0.29, 0.717) is 23.4 Å². The number of hydrogen-bond donors (Lipinski definition) is 3. The number of rotatable bonds is 2. The fourth-order valence-corrected chi connectivity index (χ4v) is 2.32. The second kappa shape index (κ2) is 5.24. The van der Waals surface area contributed by atoms with Crippen LogP contribution in [0.4, 0.5) is 11.4 Å². The number of nitrogens with zero attached hydrogens (tertiary/aromatic N) is 1. The maximum atomic E-state index is 12.3. The minimum Gasteiger partial charge on any atom is -0.398 e. The number of nitrogens with one attached hydrogen (secondary N) is 2. The van der Waals surface area contributed by atoms with Crippen molar-refractivity contribution in [1.29, 1.82) is 0 Å². The molecule has 0 fully saturated rings. The van der Waals surface area contributed by atoms with Gasteiger partial charge < -0.3 is 16.4 Å². The van der Waals surface area contributed by atoms with E-state index in [0.717, 1.165) is 5.69 Å². The molecular weight excluding hydrogens is 268 g/mol. The molecule has 4 N–H and O–H groups in total. The van der Waals surface area contributed by atoms with Crippen LogP contribution in [0, 0.1) is 0 Å². The number of benzene rings is 1. The van der Waals surface area contributed by atoms with Crippen LogP contribution in [0.15, 0.2) is 42.6 Å². The topological polar surface area (TPSA) is 97.1 Å². The first-order valence-electron chi connectivity index (χ1n) is 6.55. The zero-order valence-corrected chi connectivity index (χ0v) is 11.2. The smallest absolute Gasteiger partial charge is 0.256 e. The molecule has 1 aliphatic heterocycles. The number of aromatic nitrogens is 1. The highest BCUT2D eigenvalue weighted by atomic mass is 16.2. The van der Waals surface area contributed by atoms with Gasteiger partial charge in [-0.3, -0.25) is 14.6 Å². The molecule has 6 nitrogen and oxygen atoms in total. The van der Waals surface area contributed by atoms with Gasteiger partial charge in [0.1, 0.15) is 6.04 Å². The summed E-state index contributed by atoms with van der Waals surface area (Å²) in [5.74, 6) is -0.638. The van der Waals surface area contributed by atoms with Gasteiger partial charge in [-0.15, -0.1) is 0 Å². The number of nitrogen functional groups attached to an aromatic ring is 1. The number of carbonyl (C=O) groups is 2. The van der Waals surface area contributed by atoms with Gasteiger partial charge in [-0.1, -0.05) is 12.1 Å². The Bertz CT molecular complexity index is 700. The normalized spacial score (nSPS) is 17.4. The van der Waals surface area contributed by atoms with E-state index in [4.69, 9.17) is 5.73 Å². The third kappa shape index (κ3) is 2.55. The van der Waals surface area contributed by atoms with Crippen LogP contribution in [0.25, 0.3) is 0 Å². The standard InChI is InChI=1S/C15H14N4O2/c16-10-5-3-6-11-13(10)15(21)19-12(14(20)18-11)8-9-4-1-2-7-17-9/h1-7,12H,8,16H2,(H,18,20)(H,19,21)/t12-/m1/s1. The number of hydrogen-bond acceptors (Lipinski definition) is 4. The van der Waals surface area contributed by atoms with E-state index in [9.17, 15) is 9.59 Å². The lowest BCUT2D eigenvalue weighted by Crippen LogP contribution is -2.42. The van der Waals surface area contributed by atoms with E-state index < -0.39 is 6.04 Å². The lowest BCUT2D eigenvalue weighted by Gasteiger charge is -2.13. The molecule has 0 saturated heterocycles. The molecule has 1 aliphatic rings. The molecule has 0 spiro atoms.